The lowest BCUT2D eigenvalue weighted by Gasteiger charge is -2.30. The van der Waals surface area contributed by atoms with Crippen molar-refractivity contribution in [3.8, 4) is 0 Å². The van der Waals surface area contributed by atoms with Crippen LogP contribution in [0.3, 0.4) is 0 Å². The average molecular weight is 442 g/mol. The van der Waals surface area contributed by atoms with E-state index in [1.807, 2.05) is 32.6 Å². The summed E-state index contributed by atoms with van der Waals surface area (Å²) in [6.07, 6.45) is -1.69. The van der Waals surface area contributed by atoms with Gasteiger partial charge < -0.3 is 9.64 Å². The Bertz CT molecular complexity index is 855. The molecule has 1 saturated carbocycles. The number of carbonyl (C=O) groups is 1. The zero-order chi connectivity index (χ0) is 22.9. The largest absolute Gasteiger partial charge is 0.444 e. The topological polar surface area (TPSA) is 47.4 Å². The third-order valence-electron chi connectivity index (χ3n) is 6.98. The predicted octanol–water partition coefficient (Wildman–Crippen LogP) is 5.79. The first-order chi connectivity index (χ1) is 14.3. The molecule has 0 aromatic carbocycles. The highest BCUT2D eigenvalue weighted by molar-refractivity contribution is 5.69. The molecule has 1 aromatic heterocycles. The molecule has 31 heavy (non-hydrogen) atoms. The van der Waals surface area contributed by atoms with Gasteiger partial charge in [-0.25, -0.2) is 4.79 Å². The van der Waals surface area contributed by atoms with Crippen LogP contribution in [-0.4, -0.2) is 39.0 Å². The number of rotatable bonds is 4. The minimum Gasteiger partial charge on any atom is -0.444 e. The van der Waals surface area contributed by atoms with Crippen molar-refractivity contribution in [3.63, 3.8) is 0 Å². The van der Waals surface area contributed by atoms with Crippen LogP contribution in [0.1, 0.15) is 89.7 Å². The van der Waals surface area contributed by atoms with Crippen LogP contribution in [0, 0.1) is 17.8 Å². The second kappa shape index (κ2) is 7.41. The normalized spacial score (nSPS) is 28.6. The second-order valence-corrected chi connectivity index (χ2v) is 11.1. The number of hydrogen-bond donors (Lipinski definition) is 0. The number of nitrogens with zero attached hydrogens (tertiary/aromatic N) is 3. The molecule has 0 N–H and O–H groups in total. The van der Waals surface area contributed by atoms with Crippen LogP contribution in [0.15, 0.2) is 0 Å². The Morgan fingerprint density at radius 1 is 1.19 bits per heavy atom. The number of hydrogen-bond acceptors (Lipinski definition) is 3. The fourth-order valence-corrected chi connectivity index (χ4v) is 5.58. The molecule has 1 saturated heterocycles. The number of fused-ring (bicyclic) bond motifs is 3. The average Bonchev–Trinajstić information content (AvgIpc) is 2.97. The Labute approximate surface area is 182 Å². The minimum atomic E-state index is -4.41. The fourth-order valence-electron chi connectivity index (χ4n) is 5.58. The molecule has 0 spiro atoms. The first-order valence-electron chi connectivity index (χ1n) is 11.4. The van der Waals surface area contributed by atoms with Crippen molar-refractivity contribution in [1.29, 1.82) is 0 Å². The van der Waals surface area contributed by atoms with E-state index >= 15 is 0 Å². The maximum absolute atomic E-state index is 13.5. The van der Waals surface area contributed by atoms with Crippen LogP contribution >= 0.6 is 0 Å². The van der Waals surface area contributed by atoms with E-state index in [1.165, 1.54) is 0 Å². The summed E-state index contributed by atoms with van der Waals surface area (Å²) in [5.74, 6) is 1.10. The molecule has 2 fully saturated rings. The van der Waals surface area contributed by atoms with E-state index in [4.69, 9.17) is 4.74 Å². The molecule has 0 radical (unpaired) electrons. The molecular formula is C23H34F3N3O2. The van der Waals surface area contributed by atoms with Crippen LogP contribution in [0.2, 0.25) is 0 Å². The third kappa shape index (κ3) is 4.31. The van der Waals surface area contributed by atoms with Gasteiger partial charge in [-0.05, 0) is 71.1 Å². The zero-order valence-electron chi connectivity index (χ0n) is 19.3. The Morgan fingerprint density at radius 2 is 1.87 bits per heavy atom. The summed E-state index contributed by atoms with van der Waals surface area (Å²) >= 11 is 0. The minimum absolute atomic E-state index is 0.0777. The molecule has 5 unspecified atom stereocenters. The van der Waals surface area contributed by atoms with Gasteiger partial charge in [-0.15, -0.1) is 0 Å². The van der Waals surface area contributed by atoms with Gasteiger partial charge in [0, 0.05) is 35.8 Å². The van der Waals surface area contributed by atoms with Crippen molar-refractivity contribution in [2.24, 2.45) is 17.8 Å². The van der Waals surface area contributed by atoms with Crippen molar-refractivity contribution >= 4 is 6.09 Å². The van der Waals surface area contributed by atoms with E-state index in [-0.39, 0.29) is 35.9 Å². The van der Waals surface area contributed by atoms with Crippen molar-refractivity contribution in [1.82, 2.24) is 14.7 Å². The van der Waals surface area contributed by atoms with Gasteiger partial charge in [-0.1, -0.05) is 13.8 Å². The number of ether oxygens (including phenoxy) is 1. The second-order valence-electron chi connectivity index (χ2n) is 11.1. The van der Waals surface area contributed by atoms with E-state index in [1.54, 1.807) is 4.68 Å². The molecule has 1 aromatic rings. The Kier molecular flexibility index (Phi) is 5.37. The van der Waals surface area contributed by atoms with Gasteiger partial charge in [-0.3, -0.25) is 4.68 Å². The molecule has 2 heterocycles. The molecule has 1 amide bonds. The zero-order valence-corrected chi connectivity index (χ0v) is 19.3. The quantitative estimate of drug-likeness (QED) is 0.594. The fraction of sp³-hybridized carbons (Fsp3) is 0.826. The van der Waals surface area contributed by atoms with Crippen molar-refractivity contribution in [3.05, 3.63) is 17.0 Å². The van der Waals surface area contributed by atoms with Gasteiger partial charge in [0.05, 0.1) is 0 Å². The summed E-state index contributed by atoms with van der Waals surface area (Å²) < 4.78 is 47.9. The molecule has 5 atom stereocenters. The highest BCUT2D eigenvalue weighted by atomic mass is 19.4. The number of alkyl halides is 3. The summed E-state index contributed by atoms with van der Waals surface area (Å²) in [5.41, 5.74) is -0.0212. The lowest BCUT2D eigenvalue weighted by atomic mass is 9.93. The summed E-state index contributed by atoms with van der Waals surface area (Å²) in [6, 6.07) is -0.0606. The molecule has 3 aliphatic rings. The standard InChI is InChI=1S/C23H34F3N3O2/c1-12(2)18-8-14(11-28(18)21(30)31-22(4,5)6)7-13(3)29-19-16-9-15(16)10-17(19)20(27-29)23(24,25)26/h12-16,18H,7-11H2,1-6H3. The summed E-state index contributed by atoms with van der Waals surface area (Å²) in [7, 11) is 0. The molecule has 2 aliphatic carbocycles. The van der Waals surface area contributed by atoms with E-state index < -0.39 is 17.5 Å². The van der Waals surface area contributed by atoms with Gasteiger partial charge in [0.2, 0.25) is 0 Å². The molecule has 5 nitrogen and oxygen atoms in total. The molecular weight excluding hydrogens is 407 g/mol. The van der Waals surface area contributed by atoms with E-state index in [0.717, 1.165) is 18.5 Å². The molecule has 1 aliphatic heterocycles. The Morgan fingerprint density at radius 3 is 2.45 bits per heavy atom. The van der Waals surface area contributed by atoms with Crippen molar-refractivity contribution in [2.75, 3.05) is 6.54 Å². The van der Waals surface area contributed by atoms with E-state index in [2.05, 4.69) is 18.9 Å². The van der Waals surface area contributed by atoms with Crippen LogP contribution < -0.4 is 0 Å². The van der Waals surface area contributed by atoms with E-state index in [9.17, 15) is 18.0 Å². The maximum Gasteiger partial charge on any atom is 0.435 e. The van der Waals surface area contributed by atoms with Crippen molar-refractivity contribution in [2.45, 2.75) is 97.0 Å². The monoisotopic (exact) mass is 441 g/mol. The lowest BCUT2D eigenvalue weighted by molar-refractivity contribution is -0.142. The Hall–Kier alpha value is -1.73. The van der Waals surface area contributed by atoms with Gasteiger partial charge in [0.25, 0.3) is 0 Å². The van der Waals surface area contributed by atoms with Crippen LogP contribution in [0.5, 0.6) is 0 Å². The molecule has 4 rings (SSSR count). The molecule has 0 bridgehead atoms. The summed E-state index contributed by atoms with van der Waals surface area (Å²) in [6.45, 7) is 12.3. The van der Waals surface area contributed by atoms with Crippen LogP contribution in [-0.2, 0) is 17.3 Å². The van der Waals surface area contributed by atoms with Crippen LogP contribution in [0.25, 0.3) is 0 Å². The van der Waals surface area contributed by atoms with Gasteiger partial charge >= 0.3 is 12.3 Å². The van der Waals surface area contributed by atoms with Crippen molar-refractivity contribution < 1.29 is 22.7 Å². The number of aromatic nitrogens is 2. The smallest absolute Gasteiger partial charge is 0.435 e. The van der Waals surface area contributed by atoms with E-state index in [0.29, 0.717) is 30.9 Å². The van der Waals surface area contributed by atoms with Gasteiger partial charge in [0.1, 0.15) is 5.60 Å². The molecule has 174 valence electrons. The van der Waals surface area contributed by atoms with Crippen LogP contribution in [0.4, 0.5) is 18.0 Å². The first kappa shape index (κ1) is 22.5. The molecule has 8 heteroatoms. The number of likely N-dealkylation sites (tertiary alicyclic amines) is 1. The van der Waals surface area contributed by atoms with Gasteiger partial charge in [-0.2, -0.15) is 18.3 Å². The lowest BCUT2D eigenvalue weighted by Crippen LogP contribution is -2.42. The van der Waals surface area contributed by atoms with Gasteiger partial charge in [0.15, 0.2) is 5.69 Å². The number of carbonyl (C=O) groups excluding carboxylic acids is 1. The summed E-state index contributed by atoms with van der Waals surface area (Å²) in [5, 5.41) is 4.07. The Balaban J connectivity index is 1.51. The third-order valence-corrected chi connectivity index (χ3v) is 6.98. The highest BCUT2D eigenvalue weighted by Gasteiger charge is 2.53. The number of amides is 1. The maximum atomic E-state index is 13.5. The number of halogens is 3. The predicted molar refractivity (Wildman–Crippen MR) is 111 cm³/mol. The SMILES string of the molecule is CC(C)C1CC(CC(C)n2nc(C(F)(F)F)c3c2C2CC2C3)CN1C(=O)OC(C)(C)C. The first-order valence-corrected chi connectivity index (χ1v) is 11.4. The summed E-state index contributed by atoms with van der Waals surface area (Å²) in [4.78, 5) is 14.6. The highest BCUT2D eigenvalue weighted by Crippen LogP contribution is 2.58.